The lowest BCUT2D eigenvalue weighted by molar-refractivity contribution is 0.0794. The van der Waals surface area contributed by atoms with Gasteiger partial charge in [0, 0.05) is 25.0 Å². The van der Waals surface area contributed by atoms with Gasteiger partial charge in [-0.1, -0.05) is 6.92 Å². The Kier molecular flexibility index (Phi) is 7.93. The lowest BCUT2D eigenvalue weighted by Crippen LogP contribution is -2.45. The minimum atomic E-state index is -0.340. The Bertz CT molecular complexity index is 192. The van der Waals surface area contributed by atoms with Crippen molar-refractivity contribution in [2.45, 2.75) is 20.3 Å². The number of rotatable bonds is 8. The van der Waals surface area contributed by atoms with Crippen LogP contribution >= 0.6 is 0 Å². The first-order chi connectivity index (χ1) is 7.64. The summed E-state index contributed by atoms with van der Waals surface area (Å²) in [6, 6.07) is 0. The lowest BCUT2D eigenvalue weighted by Gasteiger charge is -2.31. The van der Waals surface area contributed by atoms with E-state index in [1.54, 1.807) is 0 Å². The van der Waals surface area contributed by atoms with Crippen LogP contribution in [0.4, 0.5) is 4.79 Å². The smallest absolute Gasteiger partial charge is 0.407 e. The second-order valence-electron chi connectivity index (χ2n) is 4.02. The van der Waals surface area contributed by atoms with Crippen LogP contribution in [0.1, 0.15) is 20.3 Å². The zero-order valence-corrected chi connectivity index (χ0v) is 10.9. The maximum atomic E-state index is 11.2. The molecule has 0 unspecified atom stereocenters. The highest BCUT2D eigenvalue weighted by atomic mass is 16.5. The Hall–Kier alpha value is -0.810. The van der Waals surface area contributed by atoms with Crippen LogP contribution in [0.2, 0.25) is 0 Å². The van der Waals surface area contributed by atoms with Gasteiger partial charge < -0.3 is 20.7 Å². The predicted octanol–water partition coefficient (Wildman–Crippen LogP) is 0.568. The van der Waals surface area contributed by atoms with Crippen LogP contribution in [0.3, 0.4) is 0 Å². The van der Waals surface area contributed by atoms with Gasteiger partial charge in [-0.3, -0.25) is 0 Å². The molecule has 0 aromatic carbocycles. The first kappa shape index (κ1) is 15.2. The minimum Gasteiger partial charge on any atom is -0.449 e. The Morgan fingerprint density at radius 2 is 1.75 bits per heavy atom. The highest BCUT2D eigenvalue weighted by Gasteiger charge is 2.28. The number of hydrogen-bond acceptors (Lipinski definition) is 4. The summed E-state index contributed by atoms with van der Waals surface area (Å²) >= 11 is 0. The van der Waals surface area contributed by atoms with Crippen molar-refractivity contribution in [2.75, 3.05) is 40.3 Å². The van der Waals surface area contributed by atoms with Crippen molar-refractivity contribution in [2.24, 2.45) is 5.41 Å². The number of nitrogens with one attached hydrogen (secondary N) is 3. The van der Waals surface area contributed by atoms with Crippen LogP contribution in [0.25, 0.3) is 0 Å². The maximum absolute atomic E-state index is 11.2. The third kappa shape index (κ3) is 5.32. The molecule has 0 atom stereocenters. The fraction of sp³-hybridized carbons (Fsp3) is 0.909. The molecular weight excluding hydrogens is 206 g/mol. The van der Waals surface area contributed by atoms with Crippen molar-refractivity contribution >= 4 is 6.09 Å². The van der Waals surface area contributed by atoms with E-state index in [-0.39, 0.29) is 11.5 Å². The third-order valence-corrected chi connectivity index (χ3v) is 2.68. The van der Waals surface area contributed by atoms with Crippen LogP contribution < -0.4 is 16.0 Å². The molecular formula is C11H25N3O2. The highest BCUT2D eigenvalue weighted by molar-refractivity contribution is 5.67. The van der Waals surface area contributed by atoms with Gasteiger partial charge >= 0.3 is 6.09 Å². The zero-order valence-electron chi connectivity index (χ0n) is 10.9. The number of alkyl carbamates (subject to hydrolysis) is 1. The zero-order chi connectivity index (χ0) is 12.4. The van der Waals surface area contributed by atoms with Gasteiger partial charge in [0.2, 0.25) is 0 Å². The number of ether oxygens (including phenoxy) is 1. The van der Waals surface area contributed by atoms with Crippen molar-refractivity contribution in [3.05, 3.63) is 0 Å². The van der Waals surface area contributed by atoms with Gasteiger partial charge in [0.25, 0.3) is 0 Å². The molecule has 0 spiro atoms. The Labute approximate surface area is 98.3 Å². The summed E-state index contributed by atoms with van der Waals surface area (Å²) in [4.78, 5) is 11.2. The van der Waals surface area contributed by atoms with E-state index in [1.165, 1.54) is 0 Å². The van der Waals surface area contributed by atoms with Crippen molar-refractivity contribution in [3.63, 3.8) is 0 Å². The number of carbonyl (C=O) groups is 1. The summed E-state index contributed by atoms with van der Waals surface area (Å²) in [5.41, 5.74) is -0.0332. The van der Waals surface area contributed by atoms with E-state index in [0.717, 1.165) is 19.5 Å². The molecule has 0 radical (unpaired) electrons. The molecule has 0 rings (SSSR count). The maximum Gasteiger partial charge on any atom is 0.407 e. The molecule has 0 aliphatic carbocycles. The van der Waals surface area contributed by atoms with Gasteiger partial charge in [0.05, 0.1) is 0 Å². The molecule has 5 nitrogen and oxygen atoms in total. The van der Waals surface area contributed by atoms with Gasteiger partial charge in [-0.25, -0.2) is 4.79 Å². The molecule has 0 aliphatic heterocycles. The van der Waals surface area contributed by atoms with Crippen LogP contribution in [0, 0.1) is 5.41 Å². The van der Waals surface area contributed by atoms with Crippen molar-refractivity contribution in [3.8, 4) is 0 Å². The number of amides is 1. The van der Waals surface area contributed by atoms with Gasteiger partial charge in [-0.05, 0) is 27.4 Å². The van der Waals surface area contributed by atoms with Crippen LogP contribution in [-0.4, -0.2) is 46.4 Å². The second kappa shape index (κ2) is 8.35. The quantitative estimate of drug-likeness (QED) is 0.571. The molecule has 0 saturated heterocycles. The highest BCUT2D eigenvalue weighted by Crippen LogP contribution is 2.20. The molecule has 96 valence electrons. The van der Waals surface area contributed by atoms with Gasteiger partial charge in [-0.2, -0.15) is 0 Å². The van der Waals surface area contributed by atoms with Gasteiger partial charge in [0.15, 0.2) is 0 Å². The summed E-state index contributed by atoms with van der Waals surface area (Å²) in [5.74, 6) is 0. The van der Waals surface area contributed by atoms with Crippen LogP contribution in [0.5, 0.6) is 0 Å². The molecule has 16 heavy (non-hydrogen) atoms. The summed E-state index contributed by atoms with van der Waals surface area (Å²) in [6.07, 6.45) is 0.612. The SMILES string of the molecule is CCNC(=O)OCC(CC)(CNC)CNC. The summed E-state index contributed by atoms with van der Waals surface area (Å²) in [5, 5.41) is 8.92. The van der Waals surface area contributed by atoms with E-state index in [4.69, 9.17) is 4.74 Å². The first-order valence-corrected chi connectivity index (χ1v) is 5.84. The molecule has 0 aromatic heterocycles. The molecule has 1 amide bonds. The Balaban J connectivity index is 4.23. The third-order valence-electron chi connectivity index (χ3n) is 2.68. The predicted molar refractivity (Wildman–Crippen MR) is 65.6 cm³/mol. The summed E-state index contributed by atoms with van der Waals surface area (Å²) in [6.45, 7) is 6.64. The molecule has 0 saturated carbocycles. The molecule has 3 N–H and O–H groups in total. The van der Waals surface area contributed by atoms with Crippen molar-refractivity contribution in [1.29, 1.82) is 0 Å². The second-order valence-corrected chi connectivity index (χ2v) is 4.02. The Morgan fingerprint density at radius 1 is 1.19 bits per heavy atom. The lowest BCUT2D eigenvalue weighted by atomic mass is 9.86. The molecule has 0 bridgehead atoms. The monoisotopic (exact) mass is 231 g/mol. The van der Waals surface area contributed by atoms with E-state index >= 15 is 0 Å². The van der Waals surface area contributed by atoms with E-state index in [1.807, 2.05) is 21.0 Å². The first-order valence-electron chi connectivity index (χ1n) is 5.84. The number of carbonyl (C=O) groups excluding carboxylic acids is 1. The average Bonchev–Trinajstić information content (AvgIpc) is 2.27. The number of hydrogen-bond donors (Lipinski definition) is 3. The Morgan fingerprint density at radius 3 is 2.12 bits per heavy atom. The minimum absolute atomic E-state index is 0.0332. The van der Waals surface area contributed by atoms with Gasteiger partial charge in [0.1, 0.15) is 6.61 Å². The molecule has 0 aliphatic rings. The van der Waals surface area contributed by atoms with Crippen LogP contribution in [-0.2, 0) is 4.74 Å². The van der Waals surface area contributed by atoms with E-state index in [9.17, 15) is 4.79 Å². The summed E-state index contributed by atoms with van der Waals surface area (Å²) < 4.78 is 5.21. The topological polar surface area (TPSA) is 62.4 Å². The van der Waals surface area contributed by atoms with Crippen molar-refractivity contribution in [1.82, 2.24) is 16.0 Å². The largest absolute Gasteiger partial charge is 0.449 e. The standard InChI is InChI=1S/C11H25N3O2/c1-5-11(7-12-3,8-13-4)9-16-10(15)14-6-2/h12-13H,5-9H2,1-4H3,(H,14,15). The van der Waals surface area contributed by atoms with E-state index in [2.05, 4.69) is 22.9 Å². The van der Waals surface area contributed by atoms with E-state index < -0.39 is 0 Å². The van der Waals surface area contributed by atoms with Gasteiger partial charge in [-0.15, -0.1) is 0 Å². The van der Waals surface area contributed by atoms with Crippen LogP contribution in [0.15, 0.2) is 0 Å². The normalized spacial score (nSPS) is 11.2. The van der Waals surface area contributed by atoms with E-state index in [0.29, 0.717) is 13.2 Å². The molecule has 0 heterocycles. The molecule has 0 aromatic rings. The summed E-state index contributed by atoms with van der Waals surface area (Å²) in [7, 11) is 3.82. The molecule has 5 heteroatoms. The fourth-order valence-electron chi connectivity index (χ4n) is 1.68. The molecule has 0 fully saturated rings. The fourth-order valence-corrected chi connectivity index (χ4v) is 1.68. The average molecular weight is 231 g/mol. The van der Waals surface area contributed by atoms with Crippen molar-refractivity contribution < 1.29 is 9.53 Å².